The number of guanidine groups is 1. The van der Waals surface area contributed by atoms with E-state index in [4.69, 9.17) is 0 Å². The predicted octanol–water partition coefficient (Wildman–Crippen LogP) is 0.271. The number of piperidine rings is 1. The third-order valence-electron chi connectivity index (χ3n) is 4.20. The van der Waals surface area contributed by atoms with Gasteiger partial charge in [-0.1, -0.05) is 0 Å². The summed E-state index contributed by atoms with van der Waals surface area (Å²) in [6, 6.07) is 0.365. The molecular weight excluding hydrogens is 294 g/mol. The zero-order valence-electron chi connectivity index (χ0n) is 14.2. The lowest BCUT2D eigenvalue weighted by molar-refractivity contribution is -0.134. The molecule has 1 unspecified atom stereocenters. The quantitative estimate of drug-likeness (QED) is 0.600. The lowest BCUT2D eigenvalue weighted by Crippen LogP contribution is -2.44. The third-order valence-corrected chi connectivity index (χ3v) is 4.20. The number of hydrogen-bond donors (Lipinski definition) is 2. The van der Waals surface area contributed by atoms with Crippen LogP contribution in [0.1, 0.15) is 38.4 Å². The first-order valence-electron chi connectivity index (χ1n) is 8.18. The molecule has 0 spiro atoms. The average Bonchev–Trinajstić information content (AvgIpc) is 2.96. The molecule has 128 valence electrons. The van der Waals surface area contributed by atoms with E-state index in [1.54, 1.807) is 11.7 Å². The molecule has 23 heavy (non-hydrogen) atoms. The Balaban J connectivity index is 1.71. The van der Waals surface area contributed by atoms with Gasteiger partial charge in [0.2, 0.25) is 5.91 Å². The van der Waals surface area contributed by atoms with Crippen molar-refractivity contribution in [2.45, 2.75) is 45.2 Å². The van der Waals surface area contributed by atoms with E-state index in [-0.39, 0.29) is 5.91 Å². The van der Waals surface area contributed by atoms with Gasteiger partial charge in [0.1, 0.15) is 12.2 Å². The second-order valence-electron chi connectivity index (χ2n) is 5.83. The van der Waals surface area contributed by atoms with Crippen LogP contribution in [0.4, 0.5) is 0 Å². The van der Waals surface area contributed by atoms with Crippen LogP contribution in [0.3, 0.4) is 0 Å². The van der Waals surface area contributed by atoms with Crippen LogP contribution in [-0.2, 0) is 18.4 Å². The Morgan fingerprint density at radius 2 is 2.26 bits per heavy atom. The van der Waals surface area contributed by atoms with Crippen LogP contribution in [0.5, 0.6) is 0 Å². The number of likely N-dealkylation sites (tertiary alicyclic amines) is 1. The first-order chi connectivity index (χ1) is 11.1. The van der Waals surface area contributed by atoms with Gasteiger partial charge in [0, 0.05) is 39.6 Å². The van der Waals surface area contributed by atoms with E-state index in [1.807, 2.05) is 11.9 Å². The zero-order chi connectivity index (χ0) is 16.7. The van der Waals surface area contributed by atoms with Gasteiger partial charge in [-0.15, -0.1) is 0 Å². The number of aliphatic imine (C=N–C) groups is 1. The maximum absolute atomic E-state index is 12.3. The molecule has 8 nitrogen and oxygen atoms in total. The largest absolute Gasteiger partial charge is 0.356 e. The van der Waals surface area contributed by atoms with Crippen LogP contribution < -0.4 is 10.6 Å². The SMILES string of the molecule is CN=C(NCCC(=O)N1CCCCC1C)NCc1ncnn1C. The maximum Gasteiger partial charge on any atom is 0.224 e. The van der Waals surface area contributed by atoms with Crippen molar-refractivity contribution in [3.63, 3.8) is 0 Å². The Hall–Kier alpha value is -2.12. The molecule has 2 heterocycles. The molecule has 1 fully saturated rings. The molecule has 2 N–H and O–H groups in total. The number of nitrogens with zero attached hydrogens (tertiary/aromatic N) is 5. The normalized spacial score (nSPS) is 18.8. The summed E-state index contributed by atoms with van der Waals surface area (Å²) in [5.74, 6) is 1.70. The molecule has 1 aromatic rings. The minimum Gasteiger partial charge on any atom is -0.356 e. The lowest BCUT2D eigenvalue weighted by Gasteiger charge is -2.33. The van der Waals surface area contributed by atoms with Crippen LogP contribution >= 0.6 is 0 Å². The summed E-state index contributed by atoms with van der Waals surface area (Å²) in [7, 11) is 3.55. The Labute approximate surface area is 137 Å². The maximum atomic E-state index is 12.3. The number of carbonyl (C=O) groups excluding carboxylic acids is 1. The summed E-state index contributed by atoms with van der Waals surface area (Å²) in [5, 5.41) is 10.4. The van der Waals surface area contributed by atoms with E-state index in [0.29, 0.717) is 31.5 Å². The van der Waals surface area contributed by atoms with Gasteiger partial charge in [-0.2, -0.15) is 5.10 Å². The summed E-state index contributed by atoms with van der Waals surface area (Å²) in [5.41, 5.74) is 0. The fourth-order valence-electron chi connectivity index (χ4n) is 2.76. The highest BCUT2D eigenvalue weighted by atomic mass is 16.2. The predicted molar refractivity (Wildman–Crippen MR) is 88.8 cm³/mol. The van der Waals surface area contributed by atoms with Crippen molar-refractivity contribution in [3.8, 4) is 0 Å². The highest BCUT2D eigenvalue weighted by Gasteiger charge is 2.22. The Morgan fingerprint density at radius 3 is 2.91 bits per heavy atom. The average molecular weight is 321 g/mol. The molecule has 0 bridgehead atoms. The van der Waals surface area contributed by atoms with Crippen LogP contribution in [-0.4, -0.2) is 57.7 Å². The van der Waals surface area contributed by atoms with E-state index >= 15 is 0 Å². The molecule has 1 aliphatic rings. The van der Waals surface area contributed by atoms with E-state index in [1.165, 1.54) is 12.7 Å². The van der Waals surface area contributed by atoms with Crippen LogP contribution in [0.15, 0.2) is 11.3 Å². The molecule has 1 amide bonds. The number of rotatable bonds is 5. The number of nitrogens with one attached hydrogen (secondary N) is 2. The first kappa shape index (κ1) is 17.2. The van der Waals surface area contributed by atoms with Crippen molar-refractivity contribution >= 4 is 11.9 Å². The van der Waals surface area contributed by atoms with Crippen molar-refractivity contribution in [1.82, 2.24) is 30.3 Å². The van der Waals surface area contributed by atoms with Crippen molar-refractivity contribution in [3.05, 3.63) is 12.2 Å². The Morgan fingerprint density at radius 1 is 1.43 bits per heavy atom. The number of amides is 1. The van der Waals surface area contributed by atoms with E-state index < -0.39 is 0 Å². The molecule has 0 saturated carbocycles. The summed E-state index contributed by atoms with van der Waals surface area (Å²) >= 11 is 0. The van der Waals surface area contributed by atoms with Crippen LogP contribution in [0.2, 0.25) is 0 Å². The van der Waals surface area contributed by atoms with Gasteiger partial charge in [-0.3, -0.25) is 14.5 Å². The van der Waals surface area contributed by atoms with Gasteiger partial charge in [0.15, 0.2) is 5.96 Å². The molecule has 0 radical (unpaired) electrons. The second kappa shape index (κ2) is 8.50. The smallest absolute Gasteiger partial charge is 0.224 e. The molecule has 8 heteroatoms. The first-order valence-corrected chi connectivity index (χ1v) is 8.18. The summed E-state index contributed by atoms with van der Waals surface area (Å²) in [6.45, 7) is 4.12. The molecule has 1 atom stereocenters. The highest BCUT2D eigenvalue weighted by Crippen LogP contribution is 2.16. The van der Waals surface area contributed by atoms with Gasteiger partial charge in [-0.25, -0.2) is 4.98 Å². The molecule has 1 aliphatic heterocycles. The minimum atomic E-state index is 0.216. The molecular formula is C15H27N7O. The molecule has 0 aliphatic carbocycles. The van der Waals surface area contributed by atoms with Crippen molar-refractivity contribution < 1.29 is 4.79 Å². The number of carbonyl (C=O) groups is 1. The van der Waals surface area contributed by atoms with E-state index in [0.717, 1.165) is 25.2 Å². The summed E-state index contributed by atoms with van der Waals surface area (Å²) in [4.78, 5) is 22.6. The molecule has 1 saturated heterocycles. The van der Waals surface area contributed by atoms with Crippen molar-refractivity contribution in [1.29, 1.82) is 0 Å². The lowest BCUT2D eigenvalue weighted by atomic mass is 10.0. The Bertz CT molecular complexity index is 540. The zero-order valence-corrected chi connectivity index (χ0v) is 14.2. The highest BCUT2D eigenvalue weighted by molar-refractivity contribution is 5.81. The molecule has 0 aromatic carbocycles. The van der Waals surface area contributed by atoms with Crippen LogP contribution in [0, 0.1) is 0 Å². The van der Waals surface area contributed by atoms with Gasteiger partial charge >= 0.3 is 0 Å². The third kappa shape index (κ3) is 4.94. The monoisotopic (exact) mass is 321 g/mol. The topological polar surface area (TPSA) is 87.4 Å². The van der Waals surface area contributed by atoms with Gasteiger partial charge in [0.05, 0.1) is 6.54 Å². The number of hydrogen-bond acceptors (Lipinski definition) is 4. The van der Waals surface area contributed by atoms with Crippen molar-refractivity contribution in [2.75, 3.05) is 20.1 Å². The van der Waals surface area contributed by atoms with Gasteiger partial charge in [0.25, 0.3) is 0 Å². The Kier molecular flexibility index (Phi) is 6.37. The summed E-state index contributed by atoms with van der Waals surface area (Å²) < 4.78 is 1.71. The van der Waals surface area contributed by atoms with Crippen molar-refractivity contribution in [2.24, 2.45) is 12.0 Å². The number of aryl methyl sites for hydroxylation is 1. The van der Waals surface area contributed by atoms with Gasteiger partial charge in [-0.05, 0) is 26.2 Å². The molecule has 2 rings (SSSR count). The van der Waals surface area contributed by atoms with Gasteiger partial charge < -0.3 is 15.5 Å². The fraction of sp³-hybridized carbons (Fsp3) is 0.733. The van der Waals surface area contributed by atoms with E-state index in [2.05, 4.69) is 32.6 Å². The van der Waals surface area contributed by atoms with E-state index in [9.17, 15) is 4.79 Å². The number of aromatic nitrogens is 3. The standard InChI is InChI=1S/C15H27N7O/c1-12-6-4-5-9-22(12)14(23)7-8-17-15(16-2)18-10-13-19-11-20-21(13)3/h11-12H,4-10H2,1-3H3,(H2,16,17,18). The molecule has 1 aromatic heterocycles. The summed E-state index contributed by atoms with van der Waals surface area (Å²) in [6.07, 6.45) is 5.45. The second-order valence-corrected chi connectivity index (χ2v) is 5.83. The fourth-order valence-corrected chi connectivity index (χ4v) is 2.76. The van der Waals surface area contributed by atoms with Crippen LogP contribution in [0.25, 0.3) is 0 Å². The minimum absolute atomic E-state index is 0.216.